The van der Waals surface area contributed by atoms with Crippen LogP contribution in [-0.4, -0.2) is 31.1 Å². The van der Waals surface area contributed by atoms with Gasteiger partial charge in [-0.1, -0.05) is 42.4 Å². The largest absolute Gasteiger partial charge is 0.295 e. The molecule has 0 aliphatic carbocycles. The number of aryl methyl sites for hydroxylation is 4. The quantitative estimate of drug-likeness (QED) is 0.716. The highest BCUT2D eigenvalue weighted by Gasteiger charge is 2.18. The normalized spacial score (nSPS) is 10.9. The molecule has 0 spiro atoms. The first-order valence-electron chi connectivity index (χ1n) is 8.63. The monoisotopic (exact) mass is 370 g/mol. The van der Waals surface area contributed by atoms with Crippen LogP contribution in [0.25, 0.3) is 5.69 Å². The summed E-state index contributed by atoms with van der Waals surface area (Å²) >= 11 is 1.40. The molecule has 8 heteroatoms. The van der Waals surface area contributed by atoms with Gasteiger partial charge >= 0.3 is 0 Å². The molecule has 0 saturated carbocycles. The van der Waals surface area contributed by atoms with Gasteiger partial charge < -0.3 is 0 Å². The molecule has 0 aliphatic rings. The molecule has 1 amide bonds. The summed E-state index contributed by atoms with van der Waals surface area (Å²) in [6.45, 7) is 7.94. The number of nitrogens with zero attached hydrogens (tertiary/aromatic N) is 5. The van der Waals surface area contributed by atoms with Crippen molar-refractivity contribution < 1.29 is 4.79 Å². The minimum Gasteiger partial charge on any atom is -0.295 e. The van der Waals surface area contributed by atoms with Gasteiger partial charge in [-0.15, -0.1) is 15.3 Å². The third-order valence-corrected chi connectivity index (χ3v) is 4.89. The Hall–Kier alpha value is -2.61. The Morgan fingerprint density at radius 3 is 2.73 bits per heavy atom. The van der Waals surface area contributed by atoms with Crippen LogP contribution in [0.1, 0.15) is 52.1 Å². The lowest BCUT2D eigenvalue weighted by atomic mass is 10.1. The Balaban J connectivity index is 1.78. The predicted molar refractivity (Wildman–Crippen MR) is 102 cm³/mol. The van der Waals surface area contributed by atoms with Crippen molar-refractivity contribution in [2.24, 2.45) is 0 Å². The predicted octanol–water partition coefficient (Wildman–Crippen LogP) is 3.64. The molecular formula is C18H22N6OS. The zero-order chi connectivity index (χ0) is 18.7. The van der Waals surface area contributed by atoms with Gasteiger partial charge in [0.2, 0.25) is 5.13 Å². The summed E-state index contributed by atoms with van der Waals surface area (Å²) in [4.78, 5) is 14.1. The summed E-state index contributed by atoms with van der Waals surface area (Å²) in [5.74, 6) is -0.322. The standard InChI is InChI=1S/C18H22N6OS/c1-5-6-7-15-20-21-18(26-15)19-17(25)16-13(4)22-24(23-16)14-9-8-11(2)10-12(14)3/h8-10H,5-7H2,1-4H3,(H,19,21,25). The maximum Gasteiger partial charge on any atom is 0.279 e. The van der Waals surface area contributed by atoms with Gasteiger partial charge in [0.25, 0.3) is 5.91 Å². The van der Waals surface area contributed by atoms with Crippen LogP contribution in [0.15, 0.2) is 18.2 Å². The molecule has 136 valence electrons. The van der Waals surface area contributed by atoms with E-state index in [1.807, 2.05) is 26.0 Å². The Bertz CT molecular complexity index is 930. The minimum absolute atomic E-state index is 0.287. The van der Waals surface area contributed by atoms with Crippen molar-refractivity contribution in [3.63, 3.8) is 0 Å². The maximum atomic E-state index is 12.6. The first kappa shape index (κ1) is 18.2. The number of amides is 1. The number of hydrogen-bond donors (Lipinski definition) is 1. The van der Waals surface area contributed by atoms with Crippen LogP contribution < -0.4 is 5.32 Å². The van der Waals surface area contributed by atoms with E-state index in [1.54, 1.807) is 6.92 Å². The van der Waals surface area contributed by atoms with E-state index in [-0.39, 0.29) is 11.6 Å². The van der Waals surface area contributed by atoms with Gasteiger partial charge in [-0.05, 0) is 38.8 Å². The Morgan fingerprint density at radius 2 is 2.00 bits per heavy atom. The molecule has 3 aromatic rings. The third-order valence-electron chi connectivity index (χ3n) is 4.00. The molecule has 26 heavy (non-hydrogen) atoms. The Morgan fingerprint density at radius 1 is 1.19 bits per heavy atom. The summed E-state index contributed by atoms with van der Waals surface area (Å²) < 4.78 is 0. The average Bonchev–Trinajstić information content (AvgIpc) is 3.19. The van der Waals surface area contributed by atoms with Crippen LogP contribution in [0.4, 0.5) is 5.13 Å². The summed E-state index contributed by atoms with van der Waals surface area (Å²) in [7, 11) is 0. The number of rotatable bonds is 6. The molecule has 0 aliphatic heterocycles. The Labute approximate surface area is 156 Å². The number of nitrogens with one attached hydrogen (secondary N) is 1. The Kier molecular flexibility index (Phi) is 5.41. The second-order valence-corrected chi connectivity index (χ2v) is 7.33. The van der Waals surface area contributed by atoms with E-state index >= 15 is 0 Å². The van der Waals surface area contributed by atoms with Crippen LogP contribution in [0, 0.1) is 20.8 Å². The molecule has 1 N–H and O–H groups in total. The van der Waals surface area contributed by atoms with E-state index in [0.29, 0.717) is 10.8 Å². The van der Waals surface area contributed by atoms with Crippen molar-refractivity contribution in [2.45, 2.75) is 47.0 Å². The van der Waals surface area contributed by atoms with Crippen LogP contribution in [0.3, 0.4) is 0 Å². The number of carbonyl (C=O) groups excluding carboxylic acids is 1. The summed E-state index contributed by atoms with van der Waals surface area (Å²) in [6, 6.07) is 6.02. The lowest BCUT2D eigenvalue weighted by Crippen LogP contribution is -2.14. The molecular weight excluding hydrogens is 348 g/mol. The zero-order valence-electron chi connectivity index (χ0n) is 15.4. The van der Waals surface area contributed by atoms with Crippen molar-refractivity contribution >= 4 is 22.4 Å². The van der Waals surface area contributed by atoms with Crippen molar-refractivity contribution in [3.8, 4) is 5.69 Å². The van der Waals surface area contributed by atoms with E-state index in [4.69, 9.17) is 0 Å². The van der Waals surface area contributed by atoms with Crippen molar-refractivity contribution in [1.82, 2.24) is 25.2 Å². The van der Waals surface area contributed by atoms with E-state index in [2.05, 4.69) is 38.7 Å². The number of benzene rings is 1. The lowest BCUT2D eigenvalue weighted by molar-refractivity contribution is 0.102. The minimum atomic E-state index is -0.322. The first-order chi connectivity index (χ1) is 12.5. The molecule has 2 aromatic heterocycles. The molecule has 1 aromatic carbocycles. The highest BCUT2D eigenvalue weighted by atomic mass is 32.1. The van der Waals surface area contributed by atoms with Crippen LogP contribution in [-0.2, 0) is 6.42 Å². The first-order valence-corrected chi connectivity index (χ1v) is 9.45. The summed E-state index contributed by atoms with van der Waals surface area (Å²) in [5, 5.41) is 21.1. The summed E-state index contributed by atoms with van der Waals surface area (Å²) in [5.41, 5.74) is 3.93. The molecule has 0 atom stereocenters. The van der Waals surface area contributed by atoms with Crippen LogP contribution in [0.5, 0.6) is 0 Å². The zero-order valence-corrected chi connectivity index (χ0v) is 16.2. The SMILES string of the molecule is CCCCc1nnc(NC(=O)c2nn(-c3ccc(C)cc3C)nc2C)s1. The maximum absolute atomic E-state index is 12.6. The smallest absolute Gasteiger partial charge is 0.279 e. The number of anilines is 1. The second-order valence-electron chi connectivity index (χ2n) is 6.27. The van der Waals surface area contributed by atoms with E-state index < -0.39 is 0 Å². The van der Waals surface area contributed by atoms with Crippen LogP contribution >= 0.6 is 11.3 Å². The van der Waals surface area contributed by atoms with Crippen molar-refractivity contribution in [2.75, 3.05) is 5.32 Å². The highest BCUT2D eigenvalue weighted by Crippen LogP contribution is 2.19. The number of unbranched alkanes of at least 4 members (excludes halogenated alkanes) is 1. The molecule has 0 unspecified atom stereocenters. The topological polar surface area (TPSA) is 85.6 Å². The van der Waals surface area contributed by atoms with Gasteiger partial charge in [0.1, 0.15) is 5.01 Å². The lowest BCUT2D eigenvalue weighted by Gasteiger charge is -2.04. The second kappa shape index (κ2) is 7.74. The van der Waals surface area contributed by atoms with E-state index in [0.717, 1.165) is 35.5 Å². The molecule has 7 nitrogen and oxygen atoms in total. The molecule has 2 heterocycles. The fraction of sp³-hybridized carbons (Fsp3) is 0.389. The third kappa shape index (κ3) is 3.96. The van der Waals surface area contributed by atoms with Gasteiger partial charge in [0.05, 0.1) is 11.4 Å². The molecule has 0 fully saturated rings. The summed E-state index contributed by atoms with van der Waals surface area (Å²) in [6.07, 6.45) is 3.04. The highest BCUT2D eigenvalue weighted by molar-refractivity contribution is 7.15. The number of carbonyl (C=O) groups is 1. The fourth-order valence-corrected chi connectivity index (χ4v) is 3.39. The van der Waals surface area contributed by atoms with Crippen molar-refractivity contribution in [3.05, 3.63) is 45.7 Å². The van der Waals surface area contributed by atoms with Crippen molar-refractivity contribution in [1.29, 1.82) is 0 Å². The molecule has 0 radical (unpaired) electrons. The van der Waals surface area contributed by atoms with Gasteiger partial charge in [-0.3, -0.25) is 10.1 Å². The molecule has 0 bridgehead atoms. The van der Waals surface area contributed by atoms with Gasteiger partial charge in [0.15, 0.2) is 5.69 Å². The number of hydrogen-bond acceptors (Lipinski definition) is 6. The fourth-order valence-electron chi connectivity index (χ4n) is 2.62. The average molecular weight is 370 g/mol. The molecule has 3 rings (SSSR count). The van der Waals surface area contributed by atoms with E-state index in [9.17, 15) is 4.79 Å². The van der Waals surface area contributed by atoms with Crippen LogP contribution in [0.2, 0.25) is 0 Å². The van der Waals surface area contributed by atoms with Gasteiger partial charge in [0, 0.05) is 6.42 Å². The number of aromatic nitrogens is 5. The van der Waals surface area contributed by atoms with Gasteiger partial charge in [-0.2, -0.15) is 9.90 Å². The van der Waals surface area contributed by atoms with E-state index in [1.165, 1.54) is 21.7 Å². The molecule has 0 saturated heterocycles. The van der Waals surface area contributed by atoms with Gasteiger partial charge in [-0.25, -0.2) is 0 Å².